The third kappa shape index (κ3) is 5.16. The Labute approximate surface area is 145 Å². The number of rotatable bonds is 6. The van der Waals surface area contributed by atoms with Crippen LogP contribution < -0.4 is 5.32 Å². The van der Waals surface area contributed by atoms with Crippen molar-refractivity contribution in [1.29, 1.82) is 0 Å². The number of aliphatic hydroxyl groups excluding tert-OH is 1. The molecule has 2 aromatic rings. The summed E-state index contributed by atoms with van der Waals surface area (Å²) in [4.78, 5) is 15.6. The van der Waals surface area contributed by atoms with E-state index in [0.717, 1.165) is 20.5 Å². The molecule has 0 heterocycles. The fraction of sp³-hybridized carbons (Fsp3) is 0.235. The van der Waals surface area contributed by atoms with Gasteiger partial charge < -0.3 is 15.3 Å². The zero-order valence-electron chi connectivity index (χ0n) is 12.8. The number of nitrogens with one attached hydrogen (secondary N) is 1. The van der Waals surface area contributed by atoms with E-state index in [1.807, 2.05) is 55.5 Å². The predicted octanol–water partition coefficient (Wildman–Crippen LogP) is 4.34. The summed E-state index contributed by atoms with van der Waals surface area (Å²) in [6.07, 6.45) is 0. The van der Waals surface area contributed by atoms with Gasteiger partial charge in [0.2, 0.25) is 0 Å². The van der Waals surface area contributed by atoms with E-state index in [1.165, 1.54) is 0 Å². The van der Waals surface area contributed by atoms with Crippen molar-refractivity contribution in [2.75, 3.05) is 25.0 Å². The van der Waals surface area contributed by atoms with Gasteiger partial charge in [-0.25, -0.2) is 4.79 Å². The summed E-state index contributed by atoms with van der Waals surface area (Å²) in [5.41, 5.74) is 0.717. The Hall–Kier alpha value is -1.69. The number of urea groups is 1. The van der Waals surface area contributed by atoms with Gasteiger partial charge in [0.1, 0.15) is 0 Å². The molecule has 0 saturated heterocycles. The Morgan fingerprint density at radius 3 is 2.52 bits per heavy atom. The molecule has 0 saturated carbocycles. The van der Waals surface area contributed by atoms with Crippen molar-refractivity contribution in [3.63, 3.8) is 0 Å². The van der Waals surface area contributed by atoms with Crippen LogP contribution in [0.3, 0.4) is 0 Å². The van der Waals surface area contributed by atoms with Crippen molar-refractivity contribution in [1.82, 2.24) is 4.90 Å². The van der Waals surface area contributed by atoms with Crippen LogP contribution in [0, 0.1) is 0 Å². The van der Waals surface area contributed by atoms with E-state index in [-0.39, 0.29) is 12.6 Å². The van der Waals surface area contributed by atoms with Crippen LogP contribution in [0.25, 0.3) is 0 Å². The molecule has 0 radical (unpaired) electrons. The molecule has 2 amide bonds. The number of carbonyl (C=O) groups excluding carboxylic acids is 1. The van der Waals surface area contributed by atoms with Crippen LogP contribution in [0.1, 0.15) is 6.92 Å². The first-order valence-electron chi connectivity index (χ1n) is 7.33. The molecule has 23 heavy (non-hydrogen) atoms. The molecule has 0 bridgehead atoms. The van der Waals surface area contributed by atoms with Crippen molar-refractivity contribution in [2.24, 2.45) is 0 Å². The Bertz CT molecular complexity index is 649. The average Bonchev–Trinajstić information content (AvgIpc) is 2.56. The van der Waals surface area contributed by atoms with Crippen molar-refractivity contribution < 1.29 is 9.90 Å². The first-order chi connectivity index (χ1) is 11.1. The summed E-state index contributed by atoms with van der Waals surface area (Å²) in [5, 5.41) is 12.5. The molecule has 0 atom stereocenters. The van der Waals surface area contributed by atoms with Crippen LogP contribution in [-0.2, 0) is 0 Å². The van der Waals surface area contributed by atoms with E-state index in [9.17, 15) is 4.79 Å². The summed E-state index contributed by atoms with van der Waals surface area (Å²) in [7, 11) is 0. The fourth-order valence-corrected chi connectivity index (χ4v) is 3.08. The van der Waals surface area contributed by atoms with Gasteiger partial charge in [0, 0.05) is 28.6 Å². The van der Waals surface area contributed by atoms with E-state index in [2.05, 4.69) is 5.32 Å². The molecular formula is C17H19ClN2O2S. The predicted molar refractivity (Wildman–Crippen MR) is 95.4 cm³/mol. The first-order valence-corrected chi connectivity index (χ1v) is 8.52. The van der Waals surface area contributed by atoms with Gasteiger partial charge in [-0.3, -0.25) is 0 Å². The molecule has 6 heteroatoms. The van der Waals surface area contributed by atoms with Crippen LogP contribution in [-0.4, -0.2) is 35.7 Å². The average molecular weight is 351 g/mol. The van der Waals surface area contributed by atoms with Gasteiger partial charge >= 0.3 is 6.03 Å². The van der Waals surface area contributed by atoms with Gasteiger partial charge in [-0.15, -0.1) is 0 Å². The molecule has 2 aromatic carbocycles. The SMILES string of the molecule is CCN(CCO)C(=O)Nc1ccc(Sc2ccccc2Cl)cc1. The minimum atomic E-state index is -0.215. The van der Waals surface area contributed by atoms with Crippen LogP contribution in [0.15, 0.2) is 58.3 Å². The van der Waals surface area contributed by atoms with E-state index < -0.39 is 0 Å². The normalized spacial score (nSPS) is 10.4. The van der Waals surface area contributed by atoms with Gasteiger partial charge in [0.25, 0.3) is 0 Å². The minimum Gasteiger partial charge on any atom is -0.395 e. The highest BCUT2D eigenvalue weighted by Gasteiger charge is 2.10. The molecule has 0 unspecified atom stereocenters. The Morgan fingerprint density at radius 2 is 1.91 bits per heavy atom. The van der Waals surface area contributed by atoms with Crippen LogP contribution in [0.2, 0.25) is 5.02 Å². The number of hydrogen-bond donors (Lipinski definition) is 2. The van der Waals surface area contributed by atoms with Crippen molar-refractivity contribution in [3.05, 3.63) is 53.6 Å². The monoisotopic (exact) mass is 350 g/mol. The molecule has 0 aliphatic carbocycles. The van der Waals surface area contributed by atoms with Crippen molar-refractivity contribution in [3.8, 4) is 0 Å². The third-order valence-electron chi connectivity index (χ3n) is 3.21. The Balaban J connectivity index is 1.99. The smallest absolute Gasteiger partial charge is 0.321 e. The van der Waals surface area contributed by atoms with Crippen molar-refractivity contribution in [2.45, 2.75) is 16.7 Å². The topological polar surface area (TPSA) is 52.6 Å². The lowest BCUT2D eigenvalue weighted by Gasteiger charge is -2.20. The number of amides is 2. The maximum Gasteiger partial charge on any atom is 0.321 e. The molecule has 0 spiro atoms. The number of benzene rings is 2. The second-order valence-corrected chi connectivity index (χ2v) is 6.31. The van der Waals surface area contributed by atoms with Crippen LogP contribution in [0.5, 0.6) is 0 Å². The number of hydrogen-bond acceptors (Lipinski definition) is 3. The summed E-state index contributed by atoms with van der Waals surface area (Å²) >= 11 is 7.72. The highest BCUT2D eigenvalue weighted by Crippen LogP contribution is 2.33. The Kier molecular flexibility index (Phi) is 6.77. The van der Waals surface area contributed by atoms with Gasteiger partial charge in [-0.2, -0.15) is 0 Å². The van der Waals surface area contributed by atoms with Gasteiger partial charge in [-0.1, -0.05) is 35.5 Å². The largest absolute Gasteiger partial charge is 0.395 e. The van der Waals surface area contributed by atoms with Gasteiger partial charge in [0.15, 0.2) is 0 Å². The minimum absolute atomic E-state index is 0.0470. The number of halogens is 1. The highest BCUT2D eigenvalue weighted by molar-refractivity contribution is 7.99. The standard InChI is InChI=1S/C17H19ClN2O2S/c1-2-20(11-12-21)17(22)19-13-7-9-14(10-8-13)23-16-6-4-3-5-15(16)18/h3-10,21H,2,11-12H2,1H3,(H,19,22). The van der Waals surface area contributed by atoms with E-state index in [1.54, 1.807) is 16.7 Å². The maximum atomic E-state index is 12.0. The van der Waals surface area contributed by atoms with Crippen molar-refractivity contribution >= 4 is 35.1 Å². The first kappa shape index (κ1) is 17.7. The second kappa shape index (κ2) is 8.82. The number of anilines is 1. The fourth-order valence-electron chi connectivity index (χ4n) is 1.99. The summed E-state index contributed by atoms with van der Waals surface area (Å²) < 4.78 is 0. The molecule has 0 aromatic heterocycles. The van der Waals surface area contributed by atoms with E-state index >= 15 is 0 Å². The Morgan fingerprint density at radius 1 is 1.22 bits per heavy atom. The molecule has 122 valence electrons. The lowest BCUT2D eigenvalue weighted by atomic mass is 10.3. The summed E-state index contributed by atoms with van der Waals surface area (Å²) in [5.74, 6) is 0. The van der Waals surface area contributed by atoms with Gasteiger partial charge in [0.05, 0.1) is 11.6 Å². The lowest BCUT2D eigenvalue weighted by molar-refractivity contribution is 0.192. The maximum absolute atomic E-state index is 12.0. The number of likely N-dealkylation sites (N-methyl/N-ethyl adjacent to an activating group) is 1. The van der Waals surface area contributed by atoms with Gasteiger partial charge in [-0.05, 0) is 43.3 Å². The molecular weight excluding hydrogens is 332 g/mol. The van der Waals surface area contributed by atoms with E-state index in [0.29, 0.717) is 13.1 Å². The molecule has 0 aliphatic heterocycles. The number of carbonyl (C=O) groups is 1. The quantitative estimate of drug-likeness (QED) is 0.814. The number of aliphatic hydroxyl groups is 1. The number of nitrogens with zero attached hydrogens (tertiary/aromatic N) is 1. The summed E-state index contributed by atoms with van der Waals surface area (Å²) in [6.45, 7) is 2.70. The summed E-state index contributed by atoms with van der Waals surface area (Å²) in [6, 6.07) is 15.0. The zero-order valence-corrected chi connectivity index (χ0v) is 14.4. The third-order valence-corrected chi connectivity index (χ3v) is 4.73. The lowest BCUT2D eigenvalue weighted by Crippen LogP contribution is -2.36. The van der Waals surface area contributed by atoms with Crippen LogP contribution in [0.4, 0.5) is 10.5 Å². The molecule has 0 aliphatic rings. The second-order valence-electron chi connectivity index (χ2n) is 4.79. The molecule has 4 nitrogen and oxygen atoms in total. The zero-order chi connectivity index (χ0) is 16.7. The molecule has 0 fully saturated rings. The van der Waals surface area contributed by atoms with E-state index in [4.69, 9.17) is 16.7 Å². The highest BCUT2D eigenvalue weighted by atomic mass is 35.5. The molecule has 2 rings (SSSR count). The molecule has 2 N–H and O–H groups in total. The van der Waals surface area contributed by atoms with Crippen LogP contribution >= 0.6 is 23.4 Å².